The molecule has 0 saturated heterocycles. The van der Waals surface area contributed by atoms with E-state index in [1.165, 1.54) is 6.42 Å². The normalized spacial score (nSPS) is 17.7. The first-order valence-electron chi connectivity index (χ1n) is 10.4. The Morgan fingerprint density at radius 3 is 2.50 bits per heavy atom. The van der Waals surface area contributed by atoms with Crippen LogP contribution in [0.25, 0.3) is 11.5 Å². The van der Waals surface area contributed by atoms with Gasteiger partial charge in [-0.2, -0.15) is 0 Å². The van der Waals surface area contributed by atoms with E-state index in [9.17, 15) is 0 Å². The Morgan fingerprint density at radius 2 is 1.73 bits per heavy atom. The number of anilines is 1. The Morgan fingerprint density at radius 1 is 0.967 bits per heavy atom. The molecule has 1 aliphatic carbocycles. The molecular formula is C23H25N3O4. The quantitative estimate of drug-likeness (QED) is 0.611. The second-order valence-corrected chi connectivity index (χ2v) is 7.88. The molecule has 1 spiro atoms. The van der Waals surface area contributed by atoms with Gasteiger partial charge in [-0.3, -0.25) is 0 Å². The van der Waals surface area contributed by atoms with E-state index in [0.29, 0.717) is 11.8 Å². The summed E-state index contributed by atoms with van der Waals surface area (Å²) in [4.78, 5) is 0. The summed E-state index contributed by atoms with van der Waals surface area (Å²) in [5, 5.41) is 11.8. The lowest BCUT2D eigenvalue weighted by molar-refractivity contribution is -0.105. The molecule has 2 aliphatic rings. The van der Waals surface area contributed by atoms with Gasteiger partial charge in [0, 0.05) is 30.2 Å². The Bertz CT molecular complexity index is 1030. The van der Waals surface area contributed by atoms with Gasteiger partial charge in [-0.15, -0.1) is 10.2 Å². The van der Waals surface area contributed by atoms with Crippen LogP contribution < -0.4 is 19.5 Å². The first-order valence-corrected chi connectivity index (χ1v) is 10.4. The maximum absolute atomic E-state index is 6.22. The van der Waals surface area contributed by atoms with Crippen molar-refractivity contribution >= 4 is 5.69 Å². The highest BCUT2D eigenvalue weighted by atomic mass is 16.7. The molecule has 7 heteroatoms. The molecule has 1 saturated carbocycles. The van der Waals surface area contributed by atoms with Gasteiger partial charge in [-0.05, 0) is 56.2 Å². The summed E-state index contributed by atoms with van der Waals surface area (Å²) in [6.45, 7) is 1.98. The van der Waals surface area contributed by atoms with Crippen LogP contribution in [0.15, 0.2) is 46.9 Å². The summed E-state index contributed by atoms with van der Waals surface area (Å²) in [6.07, 6.45) is 5.42. The SMILES string of the molecule is COc1ccc(-c2nnc([C@H](C)Nc3ccc4c(c3)OC3(CCCCC3)O4)o2)cc1. The summed E-state index contributed by atoms with van der Waals surface area (Å²) in [5.74, 6) is 2.91. The van der Waals surface area contributed by atoms with E-state index in [1.54, 1.807) is 7.11 Å². The third-order valence-electron chi connectivity index (χ3n) is 5.68. The fourth-order valence-electron chi connectivity index (χ4n) is 4.05. The second kappa shape index (κ2) is 7.55. The minimum atomic E-state index is -0.468. The van der Waals surface area contributed by atoms with Gasteiger partial charge in [0.1, 0.15) is 11.8 Å². The number of ether oxygens (including phenoxy) is 3. The molecule has 0 amide bonds. The molecule has 1 N–H and O–H groups in total. The van der Waals surface area contributed by atoms with E-state index in [4.69, 9.17) is 18.6 Å². The molecule has 1 aliphatic heterocycles. The molecule has 1 fully saturated rings. The van der Waals surface area contributed by atoms with Gasteiger partial charge in [0.2, 0.25) is 11.8 Å². The molecule has 2 aromatic carbocycles. The lowest BCUT2D eigenvalue weighted by atomic mass is 9.94. The number of benzene rings is 2. The standard InChI is InChI=1S/C23H25N3O4/c1-15(21-25-26-22(28-21)16-6-9-18(27-2)10-7-16)24-17-8-11-19-20(14-17)30-23(29-19)12-4-3-5-13-23/h6-11,14-15,24H,3-5,12-13H2,1-2H3/t15-/m0/s1. The van der Waals surface area contributed by atoms with Crippen LogP contribution >= 0.6 is 0 Å². The van der Waals surface area contributed by atoms with Gasteiger partial charge in [0.05, 0.1) is 7.11 Å². The summed E-state index contributed by atoms with van der Waals surface area (Å²) >= 11 is 0. The highest BCUT2D eigenvalue weighted by Crippen LogP contribution is 2.46. The van der Waals surface area contributed by atoms with Crippen molar-refractivity contribution in [2.45, 2.75) is 50.9 Å². The van der Waals surface area contributed by atoms with Gasteiger partial charge in [0.15, 0.2) is 11.5 Å². The Kier molecular flexibility index (Phi) is 4.73. The lowest BCUT2D eigenvalue weighted by Gasteiger charge is -2.31. The van der Waals surface area contributed by atoms with E-state index in [0.717, 1.165) is 54.2 Å². The Hall–Kier alpha value is -3.22. The van der Waals surface area contributed by atoms with Gasteiger partial charge in [-0.1, -0.05) is 6.42 Å². The van der Waals surface area contributed by atoms with Crippen molar-refractivity contribution in [3.05, 3.63) is 48.4 Å². The fraction of sp³-hybridized carbons (Fsp3) is 0.391. The van der Waals surface area contributed by atoms with Gasteiger partial charge < -0.3 is 23.9 Å². The van der Waals surface area contributed by atoms with Gasteiger partial charge >= 0.3 is 0 Å². The first kappa shape index (κ1) is 18.8. The third kappa shape index (κ3) is 3.56. The number of aromatic nitrogens is 2. The van der Waals surface area contributed by atoms with Crippen molar-refractivity contribution in [2.75, 3.05) is 12.4 Å². The molecule has 2 heterocycles. The van der Waals surface area contributed by atoms with Crippen LogP contribution in [0.3, 0.4) is 0 Å². The molecule has 3 aromatic rings. The second-order valence-electron chi connectivity index (χ2n) is 7.88. The van der Waals surface area contributed by atoms with Crippen LogP contribution in [-0.2, 0) is 0 Å². The Balaban J connectivity index is 1.28. The van der Waals surface area contributed by atoms with Crippen LogP contribution in [0.5, 0.6) is 17.2 Å². The highest BCUT2D eigenvalue weighted by molar-refractivity contribution is 5.57. The third-order valence-corrected chi connectivity index (χ3v) is 5.68. The number of nitrogens with zero attached hydrogens (tertiary/aromatic N) is 2. The highest BCUT2D eigenvalue weighted by Gasteiger charge is 2.42. The molecule has 156 valence electrons. The average molecular weight is 407 g/mol. The predicted octanol–water partition coefficient (Wildman–Crippen LogP) is 5.35. The summed E-state index contributed by atoms with van der Waals surface area (Å²) in [7, 11) is 1.64. The summed E-state index contributed by atoms with van der Waals surface area (Å²) in [5.41, 5.74) is 1.77. The molecule has 0 bridgehead atoms. The Labute approximate surface area is 175 Å². The number of rotatable bonds is 5. The number of hydrogen-bond donors (Lipinski definition) is 1. The van der Waals surface area contributed by atoms with Crippen molar-refractivity contribution in [3.63, 3.8) is 0 Å². The van der Waals surface area contributed by atoms with E-state index in [1.807, 2.05) is 49.4 Å². The molecule has 1 aromatic heterocycles. The molecule has 30 heavy (non-hydrogen) atoms. The fourth-order valence-corrected chi connectivity index (χ4v) is 4.05. The van der Waals surface area contributed by atoms with E-state index in [-0.39, 0.29) is 6.04 Å². The topological polar surface area (TPSA) is 78.6 Å². The largest absolute Gasteiger partial charge is 0.497 e. The van der Waals surface area contributed by atoms with Gasteiger partial charge in [0.25, 0.3) is 5.79 Å². The molecule has 5 rings (SSSR count). The maximum Gasteiger partial charge on any atom is 0.251 e. The molecular weight excluding hydrogens is 382 g/mol. The van der Waals surface area contributed by atoms with Crippen molar-refractivity contribution in [1.29, 1.82) is 0 Å². The molecule has 0 radical (unpaired) electrons. The minimum absolute atomic E-state index is 0.159. The van der Waals surface area contributed by atoms with Crippen molar-refractivity contribution in [2.24, 2.45) is 0 Å². The van der Waals surface area contributed by atoms with Gasteiger partial charge in [-0.25, -0.2) is 0 Å². The van der Waals surface area contributed by atoms with Crippen LogP contribution in [0, 0.1) is 0 Å². The number of fused-ring (bicyclic) bond motifs is 1. The van der Waals surface area contributed by atoms with Crippen LogP contribution in [0.4, 0.5) is 5.69 Å². The van der Waals surface area contributed by atoms with Crippen molar-refractivity contribution in [1.82, 2.24) is 10.2 Å². The number of nitrogens with one attached hydrogen (secondary N) is 1. The molecule has 7 nitrogen and oxygen atoms in total. The minimum Gasteiger partial charge on any atom is -0.497 e. The van der Waals surface area contributed by atoms with E-state index < -0.39 is 5.79 Å². The van der Waals surface area contributed by atoms with Crippen LogP contribution in [0.2, 0.25) is 0 Å². The van der Waals surface area contributed by atoms with Crippen LogP contribution in [0.1, 0.15) is 51.0 Å². The lowest BCUT2D eigenvalue weighted by Crippen LogP contribution is -2.40. The smallest absolute Gasteiger partial charge is 0.251 e. The maximum atomic E-state index is 6.22. The zero-order valence-electron chi connectivity index (χ0n) is 17.2. The number of methoxy groups -OCH3 is 1. The van der Waals surface area contributed by atoms with E-state index >= 15 is 0 Å². The van der Waals surface area contributed by atoms with E-state index in [2.05, 4.69) is 15.5 Å². The zero-order valence-corrected chi connectivity index (χ0v) is 17.2. The van der Waals surface area contributed by atoms with Crippen LogP contribution in [-0.4, -0.2) is 23.1 Å². The summed E-state index contributed by atoms with van der Waals surface area (Å²) in [6, 6.07) is 13.3. The number of hydrogen-bond acceptors (Lipinski definition) is 7. The molecule has 0 unspecified atom stereocenters. The van der Waals surface area contributed by atoms with Crippen molar-refractivity contribution < 1.29 is 18.6 Å². The summed E-state index contributed by atoms with van der Waals surface area (Å²) < 4.78 is 23.4. The van der Waals surface area contributed by atoms with Crippen molar-refractivity contribution in [3.8, 4) is 28.7 Å². The first-order chi connectivity index (χ1) is 14.6. The monoisotopic (exact) mass is 407 g/mol. The zero-order chi connectivity index (χ0) is 20.6. The predicted molar refractivity (Wildman–Crippen MR) is 112 cm³/mol. The average Bonchev–Trinajstić information content (AvgIpc) is 3.39. The molecule has 1 atom stereocenters.